The van der Waals surface area contributed by atoms with Gasteiger partial charge in [0, 0.05) is 43.9 Å². The van der Waals surface area contributed by atoms with E-state index in [1.54, 1.807) is 31.1 Å². The second kappa shape index (κ2) is 9.56. The van der Waals surface area contributed by atoms with Gasteiger partial charge in [-0.3, -0.25) is 25.0 Å². The van der Waals surface area contributed by atoms with E-state index in [1.165, 1.54) is 24.3 Å². The van der Waals surface area contributed by atoms with Gasteiger partial charge in [0.1, 0.15) is 0 Å². The summed E-state index contributed by atoms with van der Waals surface area (Å²) < 4.78 is 0. The van der Waals surface area contributed by atoms with Crippen LogP contribution >= 0.6 is 12.2 Å². The van der Waals surface area contributed by atoms with Crippen LogP contribution in [-0.4, -0.2) is 40.8 Å². The number of carbonyl (C=O) groups excluding carboxylic acids is 2. The van der Waals surface area contributed by atoms with Crippen LogP contribution in [0, 0.1) is 10.1 Å². The van der Waals surface area contributed by atoms with Crippen molar-refractivity contribution in [3.05, 3.63) is 69.8 Å². The number of nitrogens with zero attached hydrogens (tertiary/aromatic N) is 2. The van der Waals surface area contributed by atoms with E-state index in [0.717, 1.165) is 5.56 Å². The highest BCUT2D eigenvalue weighted by atomic mass is 32.1. The zero-order valence-electron chi connectivity index (χ0n) is 15.5. The number of nitro benzene ring substituents is 1. The molecule has 9 heteroatoms. The Labute approximate surface area is 167 Å². The summed E-state index contributed by atoms with van der Waals surface area (Å²) >= 11 is 5.13. The van der Waals surface area contributed by atoms with E-state index in [-0.39, 0.29) is 22.3 Å². The van der Waals surface area contributed by atoms with Gasteiger partial charge in [-0.15, -0.1) is 0 Å². The number of amides is 2. The fraction of sp³-hybridized carbons (Fsp3) is 0.211. The molecule has 0 heterocycles. The molecule has 0 aliphatic rings. The highest BCUT2D eigenvalue weighted by Crippen LogP contribution is 2.13. The molecule has 2 aromatic rings. The molecule has 0 bridgehead atoms. The number of carbonyl (C=O) groups is 2. The van der Waals surface area contributed by atoms with Gasteiger partial charge in [0.2, 0.25) is 5.91 Å². The van der Waals surface area contributed by atoms with E-state index < -0.39 is 10.8 Å². The molecule has 146 valence electrons. The summed E-state index contributed by atoms with van der Waals surface area (Å²) in [6, 6.07) is 12.6. The summed E-state index contributed by atoms with van der Waals surface area (Å²) in [7, 11) is 3.45. The number of thiocarbonyl (C=S) groups is 1. The van der Waals surface area contributed by atoms with E-state index in [1.807, 2.05) is 12.1 Å². The summed E-state index contributed by atoms with van der Waals surface area (Å²) in [5, 5.41) is 16.2. The van der Waals surface area contributed by atoms with Crippen molar-refractivity contribution in [2.45, 2.75) is 12.8 Å². The SMILES string of the molecule is CN(C)C(=O)CCc1ccc(NC(=S)NC(=O)c2ccc([N+](=O)[O-])cc2)cc1. The number of nitrogens with one attached hydrogen (secondary N) is 2. The predicted octanol–water partition coefficient (Wildman–Crippen LogP) is 2.74. The first-order valence-electron chi connectivity index (χ1n) is 8.42. The summed E-state index contributed by atoms with van der Waals surface area (Å²) in [4.78, 5) is 35.4. The molecule has 0 saturated carbocycles. The third-order valence-electron chi connectivity index (χ3n) is 3.91. The van der Waals surface area contributed by atoms with Crippen LogP contribution in [0.1, 0.15) is 22.3 Å². The molecule has 0 fully saturated rings. The minimum absolute atomic E-state index is 0.0670. The number of benzene rings is 2. The number of rotatable bonds is 6. The quantitative estimate of drug-likeness (QED) is 0.439. The Balaban J connectivity index is 1.87. The average Bonchev–Trinajstić information content (AvgIpc) is 2.67. The van der Waals surface area contributed by atoms with E-state index in [0.29, 0.717) is 18.5 Å². The molecule has 8 nitrogen and oxygen atoms in total. The van der Waals surface area contributed by atoms with Crippen LogP contribution in [0.5, 0.6) is 0 Å². The molecule has 0 aliphatic carbocycles. The molecule has 0 spiro atoms. The standard InChI is InChI=1S/C19H20N4O4S/c1-22(2)17(24)12-5-13-3-8-15(9-4-13)20-19(28)21-18(25)14-6-10-16(11-7-14)23(26)27/h3-4,6-11H,5,12H2,1-2H3,(H2,20,21,25,28). The van der Waals surface area contributed by atoms with Crippen molar-refractivity contribution in [2.24, 2.45) is 0 Å². The van der Waals surface area contributed by atoms with Gasteiger partial charge in [0.25, 0.3) is 11.6 Å². The van der Waals surface area contributed by atoms with Gasteiger partial charge in [-0.25, -0.2) is 0 Å². The van der Waals surface area contributed by atoms with Crippen molar-refractivity contribution in [3.8, 4) is 0 Å². The van der Waals surface area contributed by atoms with E-state index in [2.05, 4.69) is 10.6 Å². The zero-order chi connectivity index (χ0) is 20.7. The lowest BCUT2D eigenvalue weighted by Gasteiger charge is -2.11. The first kappa shape index (κ1) is 21.0. The molecule has 2 rings (SSSR count). The monoisotopic (exact) mass is 400 g/mol. The van der Waals surface area contributed by atoms with Crippen molar-refractivity contribution in [3.63, 3.8) is 0 Å². The van der Waals surface area contributed by atoms with Gasteiger partial charge in [-0.1, -0.05) is 12.1 Å². The Morgan fingerprint density at radius 3 is 2.21 bits per heavy atom. The van der Waals surface area contributed by atoms with Crippen LogP contribution in [0.25, 0.3) is 0 Å². The molecule has 0 unspecified atom stereocenters. The molecule has 28 heavy (non-hydrogen) atoms. The molecule has 0 aromatic heterocycles. The Kier molecular flexibility index (Phi) is 7.16. The van der Waals surface area contributed by atoms with Gasteiger partial charge in [-0.05, 0) is 48.5 Å². The summed E-state index contributed by atoms with van der Waals surface area (Å²) in [6.45, 7) is 0. The second-order valence-corrected chi connectivity index (χ2v) is 6.61. The average molecular weight is 400 g/mol. The van der Waals surface area contributed by atoms with Gasteiger partial charge in [0.05, 0.1) is 4.92 Å². The third-order valence-corrected chi connectivity index (χ3v) is 4.11. The molecule has 0 atom stereocenters. The minimum atomic E-state index is -0.534. The Morgan fingerprint density at radius 1 is 1.07 bits per heavy atom. The van der Waals surface area contributed by atoms with E-state index in [4.69, 9.17) is 12.2 Å². The molecule has 2 aromatic carbocycles. The van der Waals surface area contributed by atoms with Crippen molar-refractivity contribution in [1.29, 1.82) is 0 Å². The van der Waals surface area contributed by atoms with Gasteiger partial charge in [-0.2, -0.15) is 0 Å². The summed E-state index contributed by atoms with van der Waals surface area (Å²) in [6.07, 6.45) is 1.07. The molecule has 0 saturated heterocycles. The highest BCUT2D eigenvalue weighted by Gasteiger charge is 2.11. The second-order valence-electron chi connectivity index (χ2n) is 6.20. The Bertz CT molecular complexity index is 880. The smallest absolute Gasteiger partial charge is 0.269 e. The fourth-order valence-corrected chi connectivity index (χ4v) is 2.51. The fourth-order valence-electron chi connectivity index (χ4n) is 2.30. The lowest BCUT2D eigenvalue weighted by atomic mass is 10.1. The predicted molar refractivity (Wildman–Crippen MR) is 110 cm³/mol. The summed E-state index contributed by atoms with van der Waals surface area (Å²) in [5.74, 6) is -0.399. The molecular formula is C19H20N4O4S. The van der Waals surface area contributed by atoms with E-state index >= 15 is 0 Å². The normalized spacial score (nSPS) is 10.1. The largest absolute Gasteiger partial charge is 0.349 e. The van der Waals surface area contributed by atoms with Crippen molar-refractivity contribution in [1.82, 2.24) is 10.2 Å². The lowest BCUT2D eigenvalue weighted by molar-refractivity contribution is -0.384. The zero-order valence-corrected chi connectivity index (χ0v) is 16.3. The molecule has 2 amide bonds. The maximum Gasteiger partial charge on any atom is 0.269 e. The van der Waals surface area contributed by atoms with Gasteiger partial charge < -0.3 is 10.2 Å². The van der Waals surface area contributed by atoms with Crippen LogP contribution in [0.15, 0.2) is 48.5 Å². The topological polar surface area (TPSA) is 105 Å². The van der Waals surface area contributed by atoms with Gasteiger partial charge >= 0.3 is 0 Å². The summed E-state index contributed by atoms with van der Waals surface area (Å²) in [5.41, 5.74) is 1.87. The first-order valence-corrected chi connectivity index (χ1v) is 8.83. The first-order chi connectivity index (χ1) is 13.3. The molecule has 0 aliphatic heterocycles. The maximum atomic E-state index is 12.1. The van der Waals surface area contributed by atoms with Crippen LogP contribution in [0.4, 0.5) is 11.4 Å². The third kappa shape index (κ3) is 6.13. The van der Waals surface area contributed by atoms with Crippen LogP contribution < -0.4 is 10.6 Å². The van der Waals surface area contributed by atoms with Gasteiger partial charge in [0.15, 0.2) is 5.11 Å². The molecular weight excluding hydrogens is 380 g/mol. The van der Waals surface area contributed by atoms with Crippen LogP contribution in [-0.2, 0) is 11.2 Å². The number of hydrogen-bond acceptors (Lipinski definition) is 5. The van der Waals surface area contributed by atoms with E-state index in [9.17, 15) is 19.7 Å². The highest BCUT2D eigenvalue weighted by molar-refractivity contribution is 7.80. The van der Waals surface area contributed by atoms with Crippen molar-refractivity contribution >= 4 is 40.5 Å². The number of nitro groups is 1. The van der Waals surface area contributed by atoms with Crippen LogP contribution in [0.3, 0.4) is 0 Å². The van der Waals surface area contributed by atoms with Crippen molar-refractivity contribution < 1.29 is 14.5 Å². The number of anilines is 1. The maximum absolute atomic E-state index is 12.1. The lowest BCUT2D eigenvalue weighted by Crippen LogP contribution is -2.34. The molecule has 0 radical (unpaired) electrons. The van der Waals surface area contributed by atoms with Crippen molar-refractivity contribution in [2.75, 3.05) is 19.4 Å². The van der Waals surface area contributed by atoms with Crippen LogP contribution in [0.2, 0.25) is 0 Å². The number of non-ortho nitro benzene ring substituents is 1. The Morgan fingerprint density at radius 2 is 1.68 bits per heavy atom. The number of aryl methyl sites for hydroxylation is 1. The minimum Gasteiger partial charge on any atom is -0.349 e. The molecule has 2 N–H and O–H groups in total. The Hall–Kier alpha value is -3.33. The number of hydrogen-bond donors (Lipinski definition) is 2.